The van der Waals surface area contributed by atoms with Crippen molar-refractivity contribution in [1.82, 2.24) is 9.97 Å². The van der Waals surface area contributed by atoms with Crippen LogP contribution in [-0.4, -0.2) is 19.9 Å². The monoisotopic (exact) mass is 274 g/mol. The number of thiazole rings is 1. The molecular weight excluding hydrogens is 264 g/mol. The Morgan fingerprint density at radius 2 is 2.38 bits per heavy atom. The molecule has 2 aromatic heterocycles. The van der Waals surface area contributed by atoms with Gasteiger partial charge in [0, 0.05) is 11.9 Å². The van der Waals surface area contributed by atoms with Crippen LogP contribution in [0.3, 0.4) is 0 Å². The van der Waals surface area contributed by atoms with Gasteiger partial charge in [0.05, 0.1) is 20.5 Å². The van der Waals surface area contributed by atoms with E-state index >= 15 is 0 Å². The first kappa shape index (κ1) is 12.0. The number of hydrogen-bond acceptors (Lipinski definition) is 4. The highest BCUT2D eigenvalue weighted by atomic mass is 35.5. The second kappa shape index (κ2) is 5.21. The molecule has 2 heterocycles. The molecule has 2 aromatic rings. The van der Waals surface area contributed by atoms with Crippen LogP contribution in [0.25, 0.3) is 10.3 Å². The SMILES string of the molecule is CCCC[S@](=O)c1nc2ncc(Cl)cc2s1. The van der Waals surface area contributed by atoms with Gasteiger partial charge < -0.3 is 0 Å². The van der Waals surface area contributed by atoms with Crippen molar-refractivity contribution in [2.75, 3.05) is 5.75 Å². The van der Waals surface area contributed by atoms with Gasteiger partial charge in [0.15, 0.2) is 9.99 Å². The van der Waals surface area contributed by atoms with E-state index in [1.807, 2.05) is 6.07 Å². The van der Waals surface area contributed by atoms with Gasteiger partial charge in [-0.1, -0.05) is 24.9 Å². The average molecular weight is 275 g/mol. The number of hydrogen-bond donors (Lipinski definition) is 0. The van der Waals surface area contributed by atoms with Crippen molar-refractivity contribution in [3.05, 3.63) is 17.3 Å². The Hall–Kier alpha value is -0.520. The fourth-order valence-electron chi connectivity index (χ4n) is 1.24. The lowest BCUT2D eigenvalue weighted by Gasteiger charge is -1.93. The topological polar surface area (TPSA) is 42.9 Å². The van der Waals surface area contributed by atoms with Gasteiger partial charge in [-0.15, -0.1) is 11.3 Å². The smallest absolute Gasteiger partial charge is 0.183 e. The summed E-state index contributed by atoms with van der Waals surface area (Å²) in [6.07, 6.45) is 3.56. The third-order valence-corrected chi connectivity index (χ3v) is 5.01. The maximum absolute atomic E-state index is 11.9. The van der Waals surface area contributed by atoms with E-state index in [-0.39, 0.29) is 0 Å². The van der Waals surface area contributed by atoms with E-state index in [1.54, 1.807) is 6.20 Å². The third kappa shape index (κ3) is 2.59. The highest BCUT2D eigenvalue weighted by molar-refractivity contribution is 7.87. The molecule has 0 aliphatic rings. The lowest BCUT2D eigenvalue weighted by molar-refractivity contribution is 0.679. The Morgan fingerprint density at radius 3 is 3.12 bits per heavy atom. The molecule has 0 saturated heterocycles. The fourth-order valence-corrected chi connectivity index (χ4v) is 3.96. The second-order valence-corrected chi connectivity index (χ2v) is 6.57. The highest BCUT2D eigenvalue weighted by Crippen LogP contribution is 2.25. The van der Waals surface area contributed by atoms with Crippen molar-refractivity contribution in [2.45, 2.75) is 24.1 Å². The minimum Gasteiger partial charge on any atom is -0.252 e. The van der Waals surface area contributed by atoms with Gasteiger partial charge in [0.25, 0.3) is 0 Å². The second-order valence-electron chi connectivity index (χ2n) is 3.36. The highest BCUT2D eigenvalue weighted by Gasteiger charge is 2.11. The van der Waals surface area contributed by atoms with Gasteiger partial charge in [-0.2, -0.15) is 0 Å². The van der Waals surface area contributed by atoms with Crippen LogP contribution < -0.4 is 0 Å². The van der Waals surface area contributed by atoms with E-state index in [1.165, 1.54) is 11.3 Å². The number of fused-ring (bicyclic) bond motifs is 1. The normalized spacial score (nSPS) is 13.1. The Labute approximate surface area is 105 Å². The lowest BCUT2D eigenvalue weighted by Crippen LogP contribution is -1.96. The van der Waals surface area contributed by atoms with Gasteiger partial charge in [0.1, 0.15) is 0 Å². The summed E-state index contributed by atoms with van der Waals surface area (Å²) < 4.78 is 13.4. The molecule has 0 amide bonds. The molecule has 0 aliphatic carbocycles. The van der Waals surface area contributed by atoms with Gasteiger partial charge in [0.2, 0.25) is 0 Å². The van der Waals surface area contributed by atoms with Crippen LogP contribution >= 0.6 is 22.9 Å². The van der Waals surface area contributed by atoms with Crippen molar-refractivity contribution in [1.29, 1.82) is 0 Å². The van der Waals surface area contributed by atoms with Crippen molar-refractivity contribution >= 4 is 44.1 Å². The summed E-state index contributed by atoms with van der Waals surface area (Å²) in [5.74, 6) is 0.671. The molecular formula is C10H11ClN2OS2. The summed E-state index contributed by atoms with van der Waals surface area (Å²) in [6, 6.07) is 1.81. The summed E-state index contributed by atoms with van der Waals surface area (Å²) in [4.78, 5) is 8.35. The zero-order chi connectivity index (χ0) is 11.5. The molecule has 3 nitrogen and oxygen atoms in total. The number of unbranched alkanes of at least 4 members (excludes halogenated alkanes) is 1. The van der Waals surface area contributed by atoms with E-state index < -0.39 is 10.8 Å². The molecule has 0 aliphatic heterocycles. The first-order valence-electron chi connectivity index (χ1n) is 5.01. The number of halogens is 1. The summed E-state index contributed by atoms with van der Waals surface area (Å²) in [5.41, 5.74) is 0.634. The molecule has 0 bridgehead atoms. The molecule has 1 atom stereocenters. The molecule has 0 unspecified atom stereocenters. The molecule has 6 heteroatoms. The molecule has 0 saturated carbocycles. The molecule has 0 spiro atoms. The number of pyridine rings is 1. The molecule has 0 fully saturated rings. The van der Waals surface area contributed by atoms with Crippen molar-refractivity contribution in [2.24, 2.45) is 0 Å². The maximum Gasteiger partial charge on any atom is 0.183 e. The third-order valence-electron chi connectivity index (χ3n) is 2.07. The van der Waals surface area contributed by atoms with E-state index in [9.17, 15) is 4.21 Å². The van der Waals surface area contributed by atoms with Crippen molar-refractivity contribution in [3.63, 3.8) is 0 Å². The fraction of sp³-hybridized carbons (Fsp3) is 0.400. The van der Waals surface area contributed by atoms with Gasteiger partial charge in [-0.25, -0.2) is 9.97 Å². The van der Waals surface area contributed by atoms with Crippen LogP contribution in [0, 0.1) is 0 Å². The molecule has 0 radical (unpaired) electrons. The summed E-state index contributed by atoms with van der Waals surface area (Å²) in [6.45, 7) is 2.08. The molecule has 2 rings (SSSR count). The molecule has 0 N–H and O–H groups in total. The predicted molar refractivity (Wildman–Crippen MR) is 68.6 cm³/mol. The van der Waals surface area contributed by atoms with Gasteiger partial charge >= 0.3 is 0 Å². The summed E-state index contributed by atoms with van der Waals surface area (Å²) in [7, 11) is -0.998. The van der Waals surface area contributed by atoms with Crippen molar-refractivity contribution < 1.29 is 4.21 Å². The van der Waals surface area contributed by atoms with Crippen molar-refractivity contribution in [3.8, 4) is 0 Å². The first-order valence-corrected chi connectivity index (χ1v) is 7.52. The first-order chi connectivity index (χ1) is 7.70. The van der Waals surface area contributed by atoms with Crippen LogP contribution in [0.5, 0.6) is 0 Å². The minimum atomic E-state index is -0.998. The summed E-state index contributed by atoms with van der Waals surface area (Å²) in [5, 5.41) is 0.585. The Kier molecular flexibility index (Phi) is 3.89. The number of aromatic nitrogens is 2. The van der Waals surface area contributed by atoms with Crippen LogP contribution in [-0.2, 0) is 10.8 Å². The van der Waals surface area contributed by atoms with Crippen LogP contribution in [0.15, 0.2) is 16.6 Å². The Balaban J connectivity index is 2.28. The Bertz CT molecular complexity index is 527. The molecule has 16 heavy (non-hydrogen) atoms. The largest absolute Gasteiger partial charge is 0.252 e. The summed E-state index contributed by atoms with van der Waals surface area (Å²) >= 11 is 7.24. The lowest BCUT2D eigenvalue weighted by atomic mass is 10.4. The van der Waals surface area contributed by atoms with E-state index in [4.69, 9.17) is 11.6 Å². The zero-order valence-electron chi connectivity index (χ0n) is 8.77. The maximum atomic E-state index is 11.9. The van der Waals surface area contributed by atoms with Crippen LogP contribution in [0.4, 0.5) is 0 Å². The van der Waals surface area contributed by atoms with Gasteiger partial charge in [-0.3, -0.25) is 4.21 Å². The zero-order valence-corrected chi connectivity index (χ0v) is 11.2. The van der Waals surface area contributed by atoms with E-state index in [0.29, 0.717) is 20.8 Å². The predicted octanol–water partition coefficient (Wildman–Crippen LogP) is 3.25. The minimum absolute atomic E-state index is 0.585. The van der Waals surface area contributed by atoms with Crippen LogP contribution in [0.2, 0.25) is 5.02 Å². The average Bonchev–Trinajstić information content (AvgIpc) is 2.68. The van der Waals surface area contributed by atoms with Crippen LogP contribution in [0.1, 0.15) is 19.8 Å². The number of rotatable bonds is 4. The Morgan fingerprint density at radius 1 is 1.56 bits per heavy atom. The standard InChI is InChI=1S/C10H11ClN2OS2/c1-2-3-4-16(14)10-13-9-8(15-10)5-7(11)6-12-9/h5-6H,2-4H2,1H3/t16-/m0/s1. The van der Waals surface area contributed by atoms with E-state index in [0.717, 1.165) is 17.5 Å². The number of nitrogens with zero attached hydrogens (tertiary/aromatic N) is 2. The molecule has 0 aromatic carbocycles. The molecule has 86 valence electrons. The van der Waals surface area contributed by atoms with E-state index in [2.05, 4.69) is 16.9 Å². The quantitative estimate of drug-likeness (QED) is 0.859. The van der Waals surface area contributed by atoms with Gasteiger partial charge in [-0.05, 0) is 12.5 Å².